The minimum absolute atomic E-state index is 0.00949. The molecular formula is C43H78N6O20. The number of carboxylic acids is 2. The van der Waals surface area contributed by atoms with Crippen LogP contribution < -0.4 is 31.9 Å². The molecule has 0 aliphatic heterocycles. The van der Waals surface area contributed by atoms with Crippen molar-refractivity contribution in [1.29, 1.82) is 0 Å². The van der Waals surface area contributed by atoms with Crippen molar-refractivity contribution in [3.8, 4) is 0 Å². The molecule has 0 heterocycles. The molecule has 0 aromatic carbocycles. The molecule has 400 valence electrons. The summed E-state index contributed by atoms with van der Waals surface area (Å²) in [5, 5.41) is 32.8. The summed E-state index contributed by atoms with van der Waals surface area (Å²) in [6, 6.07) is -1.02. The lowest BCUT2D eigenvalue weighted by Gasteiger charge is -2.19. The first kappa shape index (κ1) is 64.2. The molecule has 6 amide bonds. The normalized spacial score (nSPS) is 11.6. The predicted octanol–water partition coefficient (Wildman–Crippen LogP) is -1.49. The third-order valence-corrected chi connectivity index (χ3v) is 8.32. The molecule has 8 N–H and O–H groups in total. The number of rotatable bonds is 47. The number of alkyl carbamates (subject to hydrolysis) is 1. The molecule has 1 atom stereocenters. The molecular weight excluding hydrogens is 920 g/mol. The van der Waals surface area contributed by atoms with Gasteiger partial charge in [0.2, 0.25) is 29.5 Å². The van der Waals surface area contributed by atoms with E-state index in [0.29, 0.717) is 13.2 Å². The van der Waals surface area contributed by atoms with Crippen molar-refractivity contribution in [2.45, 2.75) is 77.4 Å². The van der Waals surface area contributed by atoms with Gasteiger partial charge in [0.1, 0.15) is 11.6 Å². The number of carboxylic acid groups (broad SMARTS) is 2. The van der Waals surface area contributed by atoms with E-state index in [0.717, 1.165) is 0 Å². The Morgan fingerprint density at radius 2 is 0.696 bits per heavy atom. The fourth-order valence-electron chi connectivity index (χ4n) is 4.99. The Balaban J connectivity index is 4.44. The highest BCUT2D eigenvalue weighted by atomic mass is 16.6. The molecule has 0 saturated carbocycles. The molecule has 0 aromatic rings. The van der Waals surface area contributed by atoms with E-state index in [2.05, 4.69) is 31.9 Å². The molecule has 0 aliphatic carbocycles. The van der Waals surface area contributed by atoms with Gasteiger partial charge in [-0.05, 0) is 27.2 Å². The second-order valence-electron chi connectivity index (χ2n) is 15.5. The lowest BCUT2D eigenvalue weighted by atomic mass is 10.1. The Hall–Kier alpha value is -4.80. The number of ether oxygens (including phenoxy) is 10. The van der Waals surface area contributed by atoms with Gasteiger partial charge in [0.25, 0.3) is 0 Å². The molecule has 0 spiro atoms. The van der Waals surface area contributed by atoms with E-state index >= 15 is 0 Å². The van der Waals surface area contributed by atoms with Crippen LogP contribution in [0.2, 0.25) is 0 Å². The summed E-state index contributed by atoms with van der Waals surface area (Å²) >= 11 is 0. The first-order valence-corrected chi connectivity index (χ1v) is 23.1. The molecule has 1 unspecified atom stereocenters. The van der Waals surface area contributed by atoms with Crippen molar-refractivity contribution in [1.82, 2.24) is 31.9 Å². The van der Waals surface area contributed by atoms with Gasteiger partial charge in [0.15, 0.2) is 0 Å². The van der Waals surface area contributed by atoms with Crippen LogP contribution in [0.4, 0.5) is 4.79 Å². The van der Waals surface area contributed by atoms with Crippen molar-refractivity contribution in [2.75, 3.05) is 152 Å². The van der Waals surface area contributed by atoms with E-state index in [4.69, 9.17) is 57.6 Å². The van der Waals surface area contributed by atoms with Gasteiger partial charge in [-0.15, -0.1) is 0 Å². The largest absolute Gasteiger partial charge is 0.481 e. The molecule has 0 bridgehead atoms. The molecule has 26 nitrogen and oxygen atoms in total. The average molecular weight is 999 g/mol. The van der Waals surface area contributed by atoms with Crippen LogP contribution in [0.15, 0.2) is 0 Å². The lowest BCUT2D eigenvalue weighted by molar-refractivity contribution is -0.138. The van der Waals surface area contributed by atoms with Gasteiger partial charge in [-0.3, -0.25) is 33.6 Å². The maximum absolute atomic E-state index is 13.1. The zero-order valence-electron chi connectivity index (χ0n) is 40.5. The van der Waals surface area contributed by atoms with Gasteiger partial charge in [0, 0.05) is 58.4 Å². The molecule has 69 heavy (non-hydrogen) atoms. The van der Waals surface area contributed by atoms with E-state index in [9.17, 15) is 38.4 Å². The second kappa shape index (κ2) is 44.4. The summed E-state index contributed by atoms with van der Waals surface area (Å²) in [6.07, 6.45) is -0.739. The molecule has 0 rings (SSSR count). The van der Waals surface area contributed by atoms with Crippen LogP contribution in [0, 0.1) is 0 Å². The van der Waals surface area contributed by atoms with Crippen LogP contribution in [0.1, 0.15) is 65.7 Å². The Labute approximate surface area is 403 Å². The highest BCUT2D eigenvalue weighted by molar-refractivity contribution is 5.88. The zero-order chi connectivity index (χ0) is 51.2. The van der Waals surface area contributed by atoms with E-state index in [1.807, 2.05) is 0 Å². The van der Waals surface area contributed by atoms with Gasteiger partial charge in [0.05, 0.1) is 132 Å². The predicted molar refractivity (Wildman–Crippen MR) is 243 cm³/mol. The number of hydrogen-bond donors (Lipinski definition) is 8. The van der Waals surface area contributed by atoms with Gasteiger partial charge in [-0.2, -0.15) is 0 Å². The average Bonchev–Trinajstić information content (AvgIpc) is 3.27. The van der Waals surface area contributed by atoms with Gasteiger partial charge in [-0.25, -0.2) is 4.79 Å². The summed E-state index contributed by atoms with van der Waals surface area (Å²) in [4.78, 5) is 94.3. The highest BCUT2D eigenvalue weighted by Gasteiger charge is 2.22. The minimum atomic E-state index is -1.02. The summed E-state index contributed by atoms with van der Waals surface area (Å²) < 4.78 is 53.9. The lowest BCUT2D eigenvalue weighted by Crippen LogP contribution is -2.48. The molecule has 0 aliphatic rings. The van der Waals surface area contributed by atoms with Gasteiger partial charge < -0.3 is 89.5 Å². The van der Waals surface area contributed by atoms with E-state index in [1.165, 1.54) is 0 Å². The van der Waals surface area contributed by atoms with E-state index < -0.39 is 41.5 Å². The van der Waals surface area contributed by atoms with Crippen LogP contribution in [-0.4, -0.2) is 221 Å². The molecule has 0 saturated heterocycles. The number of carbonyl (C=O) groups excluding carboxylic acids is 6. The summed E-state index contributed by atoms with van der Waals surface area (Å²) in [5.41, 5.74) is -0.586. The number of nitrogens with one attached hydrogen (secondary N) is 6. The number of amides is 6. The fraction of sp³-hybridized carbons (Fsp3) is 0.814. The second-order valence-corrected chi connectivity index (χ2v) is 15.5. The first-order chi connectivity index (χ1) is 33.1. The van der Waals surface area contributed by atoms with E-state index in [1.54, 1.807) is 20.8 Å². The number of aliphatic carboxylic acids is 2. The van der Waals surface area contributed by atoms with Crippen LogP contribution in [-0.2, 0) is 80.9 Å². The summed E-state index contributed by atoms with van der Waals surface area (Å²) in [5.74, 6) is -3.91. The first-order valence-electron chi connectivity index (χ1n) is 23.1. The molecule has 0 aromatic heterocycles. The van der Waals surface area contributed by atoms with Crippen molar-refractivity contribution in [2.24, 2.45) is 0 Å². The highest BCUT2D eigenvalue weighted by Crippen LogP contribution is 2.06. The smallest absolute Gasteiger partial charge is 0.407 e. The summed E-state index contributed by atoms with van der Waals surface area (Å²) in [7, 11) is 0. The number of hydrogen-bond acceptors (Lipinski definition) is 18. The molecule has 26 heteroatoms. The van der Waals surface area contributed by atoms with Gasteiger partial charge >= 0.3 is 18.0 Å². The molecule has 0 radical (unpaired) electrons. The van der Waals surface area contributed by atoms with Crippen LogP contribution in [0.25, 0.3) is 0 Å². The third kappa shape index (κ3) is 48.0. The minimum Gasteiger partial charge on any atom is -0.481 e. The standard InChI is InChI=1S/C43H78N6O20/c1-43(2,3)69-42(59)48-15-21-65-27-33-68-30-24-62-18-10-38(53)49-34(41(58)47-14-20-64-26-32-67-29-23-61-17-9-37(52)45-12-7-40(56)57)4-5-35(50)46-13-19-63-25-31-66-28-22-60-16-8-36(51)44-11-6-39(54)55/h34H,4-33H2,1-3H3,(H,44,51)(H,45,52)(H,46,50)(H,47,58)(H,48,59)(H,49,53)(H,54,55)(H,56,57). The number of carbonyl (C=O) groups is 8. The van der Waals surface area contributed by atoms with Crippen molar-refractivity contribution >= 4 is 47.6 Å². The SMILES string of the molecule is CC(C)(C)OC(=O)NCCOCCOCCOCCC(=O)NC(CCC(=O)NCCOCCOCCOCCC(=O)NCCC(=O)O)C(=O)NCCOCCOCCOCCC(=O)NCCC(=O)O. The van der Waals surface area contributed by atoms with Crippen LogP contribution in [0.3, 0.4) is 0 Å². The van der Waals surface area contributed by atoms with Gasteiger partial charge in [-0.1, -0.05) is 0 Å². The van der Waals surface area contributed by atoms with Crippen molar-refractivity contribution in [3.63, 3.8) is 0 Å². The fourth-order valence-corrected chi connectivity index (χ4v) is 4.99. The quantitative estimate of drug-likeness (QED) is 0.0322. The maximum atomic E-state index is 13.1. The Morgan fingerprint density at radius 3 is 1.09 bits per heavy atom. The Bertz CT molecular complexity index is 1420. The van der Waals surface area contributed by atoms with Crippen LogP contribution in [0.5, 0.6) is 0 Å². The topological polar surface area (TPSA) is 341 Å². The van der Waals surface area contributed by atoms with E-state index in [-0.39, 0.29) is 201 Å². The van der Waals surface area contributed by atoms with Crippen molar-refractivity contribution in [3.05, 3.63) is 0 Å². The monoisotopic (exact) mass is 999 g/mol. The zero-order valence-corrected chi connectivity index (χ0v) is 40.5. The Kier molecular flexibility index (Phi) is 41.3. The maximum Gasteiger partial charge on any atom is 0.407 e. The summed E-state index contributed by atoms with van der Waals surface area (Å²) in [6.45, 7) is 10.2. The Morgan fingerprint density at radius 1 is 0.377 bits per heavy atom. The van der Waals surface area contributed by atoms with Crippen LogP contribution >= 0.6 is 0 Å². The molecule has 0 fully saturated rings. The van der Waals surface area contributed by atoms with Crippen molar-refractivity contribution < 1.29 is 95.9 Å². The third-order valence-electron chi connectivity index (χ3n) is 8.32.